The standard InChI is InChI=1S/C20H34N4O3S/c1-16-7-9-18(10-8-16)17(2)14-23-20(21-3)22-11-13-28(25,26)24-15-19-6-4-5-12-27-19/h7-10,17,19,24H,4-6,11-15H2,1-3H3,(H2,21,22,23). The summed E-state index contributed by atoms with van der Waals surface area (Å²) in [4.78, 5) is 4.17. The van der Waals surface area contributed by atoms with Gasteiger partial charge >= 0.3 is 0 Å². The van der Waals surface area contributed by atoms with Crippen LogP contribution in [0.15, 0.2) is 29.3 Å². The van der Waals surface area contributed by atoms with E-state index in [9.17, 15) is 8.42 Å². The third-order valence-corrected chi connectivity index (χ3v) is 6.26. The second-order valence-electron chi connectivity index (χ2n) is 7.35. The summed E-state index contributed by atoms with van der Waals surface area (Å²) < 4.78 is 32.5. The van der Waals surface area contributed by atoms with Gasteiger partial charge in [-0.15, -0.1) is 0 Å². The third kappa shape index (κ3) is 8.16. The van der Waals surface area contributed by atoms with Gasteiger partial charge < -0.3 is 15.4 Å². The zero-order valence-corrected chi connectivity index (χ0v) is 18.0. The van der Waals surface area contributed by atoms with Crippen LogP contribution in [0.4, 0.5) is 0 Å². The van der Waals surface area contributed by atoms with Crippen LogP contribution in [0.3, 0.4) is 0 Å². The summed E-state index contributed by atoms with van der Waals surface area (Å²) in [5, 5.41) is 6.32. The Morgan fingerprint density at radius 1 is 1.25 bits per heavy atom. The number of guanidine groups is 1. The molecule has 1 aliphatic rings. The summed E-state index contributed by atoms with van der Waals surface area (Å²) >= 11 is 0. The third-order valence-electron chi connectivity index (χ3n) is 4.91. The number of nitrogens with one attached hydrogen (secondary N) is 3. The van der Waals surface area contributed by atoms with Crippen molar-refractivity contribution < 1.29 is 13.2 Å². The molecule has 1 fully saturated rings. The highest BCUT2D eigenvalue weighted by molar-refractivity contribution is 7.89. The molecule has 8 heteroatoms. The Balaban J connectivity index is 1.68. The molecule has 1 heterocycles. The molecule has 2 atom stereocenters. The summed E-state index contributed by atoms with van der Waals surface area (Å²) in [6.45, 7) is 6.29. The minimum absolute atomic E-state index is 0.00539. The van der Waals surface area contributed by atoms with Crippen LogP contribution in [0, 0.1) is 6.92 Å². The van der Waals surface area contributed by atoms with E-state index in [0.29, 0.717) is 31.5 Å². The van der Waals surface area contributed by atoms with Gasteiger partial charge in [-0.1, -0.05) is 36.8 Å². The van der Waals surface area contributed by atoms with E-state index in [-0.39, 0.29) is 11.9 Å². The Bertz CT molecular complexity index is 713. The monoisotopic (exact) mass is 410 g/mol. The molecule has 0 bridgehead atoms. The normalized spacial score (nSPS) is 19.2. The fourth-order valence-electron chi connectivity index (χ4n) is 3.05. The lowest BCUT2D eigenvalue weighted by atomic mass is 10.0. The predicted molar refractivity (Wildman–Crippen MR) is 114 cm³/mol. The zero-order chi connectivity index (χ0) is 20.4. The molecule has 7 nitrogen and oxygen atoms in total. The van der Waals surface area contributed by atoms with E-state index < -0.39 is 10.0 Å². The summed E-state index contributed by atoms with van der Waals surface area (Å²) in [5.74, 6) is 0.915. The maximum atomic E-state index is 12.2. The van der Waals surface area contributed by atoms with Crippen LogP contribution < -0.4 is 15.4 Å². The maximum Gasteiger partial charge on any atom is 0.213 e. The quantitative estimate of drug-likeness (QED) is 0.426. The van der Waals surface area contributed by atoms with Crippen LogP contribution in [0.25, 0.3) is 0 Å². The molecule has 0 saturated carbocycles. The van der Waals surface area contributed by atoms with Crippen molar-refractivity contribution in [2.45, 2.75) is 45.1 Å². The second-order valence-corrected chi connectivity index (χ2v) is 9.27. The van der Waals surface area contributed by atoms with Crippen LogP contribution in [0.2, 0.25) is 0 Å². The molecular formula is C20H34N4O3S. The molecule has 0 spiro atoms. The van der Waals surface area contributed by atoms with Crippen LogP contribution in [-0.4, -0.2) is 59.5 Å². The maximum absolute atomic E-state index is 12.2. The highest BCUT2D eigenvalue weighted by Crippen LogP contribution is 2.14. The van der Waals surface area contributed by atoms with E-state index in [0.717, 1.165) is 25.9 Å². The van der Waals surface area contributed by atoms with E-state index in [1.165, 1.54) is 11.1 Å². The van der Waals surface area contributed by atoms with Crippen molar-refractivity contribution in [3.05, 3.63) is 35.4 Å². The number of rotatable bonds is 9. The van der Waals surface area contributed by atoms with Gasteiger partial charge in [-0.05, 0) is 37.7 Å². The minimum Gasteiger partial charge on any atom is -0.377 e. The average Bonchev–Trinajstić information content (AvgIpc) is 2.70. The summed E-state index contributed by atoms with van der Waals surface area (Å²) in [5.41, 5.74) is 2.50. The number of aryl methyl sites for hydroxylation is 1. The van der Waals surface area contributed by atoms with Gasteiger partial charge in [0.05, 0.1) is 11.9 Å². The lowest BCUT2D eigenvalue weighted by molar-refractivity contribution is 0.0200. The molecule has 2 unspecified atom stereocenters. The molecule has 0 radical (unpaired) electrons. The van der Waals surface area contributed by atoms with Crippen molar-refractivity contribution in [3.63, 3.8) is 0 Å². The summed E-state index contributed by atoms with van der Waals surface area (Å²) in [7, 11) is -1.66. The van der Waals surface area contributed by atoms with Crippen molar-refractivity contribution in [2.75, 3.05) is 39.0 Å². The largest absolute Gasteiger partial charge is 0.377 e. The van der Waals surface area contributed by atoms with Gasteiger partial charge in [0, 0.05) is 33.3 Å². The molecule has 0 amide bonds. The van der Waals surface area contributed by atoms with Crippen molar-refractivity contribution in [1.29, 1.82) is 0 Å². The Labute approximate surface area is 169 Å². The number of hydrogen-bond donors (Lipinski definition) is 3. The second kappa shape index (κ2) is 11.4. The predicted octanol–water partition coefficient (Wildman–Crippen LogP) is 1.75. The number of ether oxygens (including phenoxy) is 1. The van der Waals surface area contributed by atoms with Gasteiger partial charge in [0.1, 0.15) is 0 Å². The van der Waals surface area contributed by atoms with E-state index in [4.69, 9.17) is 4.74 Å². The Morgan fingerprint density at radius 2 is 2.00 bits per heavy atom. The molecule has 1 aromatic carbocycles. The van der Waals surface area contributed by atoms with Crippen LogP contribution in [0.5, 0.6) is 0 Å². The van der Waals surface area contributed by atoms with Crippen LogP contribution >= 0.6 is 0 Å². The number of aliphatic imine (C=N–C) groups is 1. The van der Waals surface area contributed by atoms with Crippen LogP contribution in [0.1, 0.15) is 43.2 Å². The van der Waals surface area contributed by atoms with Gasteiger partial charge in [-0.3, -0.25) is 4.99 Å². The van der Waals surface area contributed by atoms with E-state index in [2.05, 4.69) is 58.5 Å². The topological polar surface area (TPSA) is 91.8 Å². The van der Waals surface area contributed by atoms with Gasteiger partial charge in [0.2, 0.25) is 10.0 Å². The van der Waals surface area contributed by atoms with E-state index >= 15 is 0 Å². The smallest absolute Gasteiger partial charge is 0.213 e. The Kier molecular flexibility index (Phi) is 9.21. The van der Waals surface area contributed by atoms with Crippen molar-refractivity contribution in [3.8, 4) is 0 Å². The van der Waals surface area contributed by atoms with E-state index in [1.807, 2.05) is 0 Å². The molecule has 0 aromatic heterocycles. The lowest BCUT2D eigenvalue weighted by Crippen LogP contribution is -2.43. The lowest BCUT2D eigenvalue weighted by Gasteiger charge is -2.22. The molecular weight excluding hydrogens is 376 g/mol. The molecule has 2 rings (SSSR count). The Hall–Kier alpha value is -1.64. The highest BCUT2D eigenvalue weighted by atomic mass is 32.2. The van der Waals surface area contributed by atoms with Gasteiger partial charge in [-0.2, -0.15) is 0 Å². The number of nitrogens with zero attached hydrogens (tertiary/aromatic N) is 1. The zero-order valence-electron chi connectivity index (χ0n) is 17.2. The fourth-order valence-corrected chi connectivity index (χ4v) is 4.00. The molecule has 0 aliphatic carbocycles. The summed E-state index contributed by atoms with van der Waals surface area (Å²) in [6.07, 6.45) is 3.06. The fraction of sp³-hybridized carbons (Fsp3) is 0.650. The summed E-state index contributed by atoms with van der Waals surface area (Å²) in [6, 6.07) is 8.47. The molecule has 158 valence electrons. The Morgan fingerprint density at radius 3 is 2.64 bits per heavy atom. The van der Waals surface area contributed by atoms with Gasteiger partial charge in [0.15, 0.2) is 5.96 Å². The van der Waals surface area contributed by atoms with Crippen molar-refractivity contribution in [1.82, 2.24) is 15.4 Å². The van der Waals surface area contributed by atoms with Crippen molar-refractivity contribution >= 4 is 16.0 Å². The van der Waals surface area contributed by atoms with E-state index in [1.54, 1.807) is 7.05 Å². The highest BCUT2D eigenvalue weighted by Gasteiger charge is 2.17. The first kappa shape index (κ1) is 22.6. The first-order valence-electron chi connectivity index (χ1n) is 9.99. The molecule has 1 aliphatic heterocycles. The van der Waals surface area contributed by atoms with Crippen molar-refractivity contribution in [2.24, 2.45) is 4.99 Å². The number of hydrogen-bond acceptors (Lipinski definition) is 4. The van der Waals surface area contributed by atoms with Gasteiger partial charge in [0.25, 0.3) is 0 Å². The average molecular weight is 411 g/mol. The molecule has 1 aromatic rings. The SMILES string of the molecule is CN=C(NCCS(=O)(=O)NCC1CCCCO1)NCC(C)c1ccc(C)cc1. The first-order valence-corrected chi connectivity index (χ1v) is 11.6. The van der Waals surface area contributed by atoms with Crippen LogP contribution in [-0.2, 0) is 14.8 Å². The van der Waals surface area contributed by atoms with Gasteiger partial charge in [-0.25, -0.2) is 13.1 Å². The molecule has 1 saturated heterocycles. The number of benzene rings is 1. The first-order chi connectivity index (χ1) is 13.4. The molecule has 3 N–H and O–H groups in total. The number of sulfonamides is 1. The molecule has 28 heavy (non-hydrogen) atoms. The minimum atomic E-state index is -3.34.